The molecule has 18 heavy (non-hydrogen) atoms. The number of nitrogens with zero attached hydrogens (tertiary/aromatic N) is 2. The topological polar surface area (TPSA) is 75.9 Å². The molecule has 0 saturated heterocycles. The summed E-state index contributed by atoms with van der Waals surface area (Å²) in [5, 5.41) is 0. The van der Waals surface area contributed by atoms with Crippen molar-refractivity contribution in [2.24, 2.45) is 5.73 Å². The molecule has 0 aromatic heterocycles. The highest BCUT2D eigenvalue weighted by molar-refractivity contribution is 6.12. The molecule has 1 aromatic carbocycles. The average Bonchev–Trinajstić information content (AvgIpc) is 2.31. The molecule has 0 heterocycles. The van der Waals surface area contributed by atoms with Crippen LogP contribution in [0.1, 0.15) is 6.92 Å². The Balaban J connectivity index is 3.00. The first-order valence-corrected chi connectivity index (χ1v) is 5.51. The molecular weight excluding hydrogens is 234 g/mol. The predicted molar refractivity (Wildman–Crippen MR) is 68.8 cm³/mol. The average molecular weight is 251 g/mol. The van der Waals surface area contributed by atoms with Crippen LogP contribution in [0, 0.1) is 0 Å². The van der Waals surface area contributed by atoms with E-state index in [1.807, 2.05) is 6.92 Å². The van der Waals surface area contributed by atoms with Crippen LogP contribution in [0.25, 0.3) is 0 Å². The third kappa shape index (κ3) is 3.13. The zero-order valence-electron chi connectivity index (χ0n) is 10.7. The minimum Gasteiger partial charge on any atom is -0.494 e. The van der Waals surface area contributed by atoms with Crippen LogP contribution in [-0.4, -0.2) is 37.7 Å². The second kappa shape index (κ2) is 5.90. The van der Waals surface area contributed by atoms with Crippen molar-refractivity contribution < 1.29 is 14.3 Å². The molecule has 0 aliphatic rings. The van der Waals surface area contributed by atoms with Crippen LogP contribution in [-0.2, 0) is 0 Å². The van der Waals surface area contributed by atoms with Crippen LogP contribution in [0.3, 0.4) is 0 Å². The highest BCUT2D eigenvalue weighted by Crippen LogP contribution is 2.20. The molecule has 0 saturated carbocycles. The number of nitrogens with two attached hydrogens (primary N) is 1. The number of anilines is 1. The Morgan fingerprint density at radius 2 is 1.78 bits per heavy atom. The molecule has 0 spiro atoms. The van der Waals surface area contributed by atoms with Crippen LogP contribution in [0.5, 0.6) is 5.75 Å². The third-order valence-electron chi connectivity index (χ3n) is 2.20. The first kappa shape index (κ1) is 13.8. The van der Waals surface area contributed by atoms with Gasteiger partial charge in [-0.25, -0.2) is 14.5 Å². The maximum atomic E-state index is 11.8. The van der Waals surface area contributed by atoms with Gasteiger partial charge in [0.25, 0.3) is 0 Å². The second-order valence-electron chi connectivity index (χ2n) is 3.78. The maximum absolute atomic E-state index is 11.8. The van der Waals surface area contributed by atoms with E-state index in [2.05, 4.69) is 0 Å². The summed E-state index contributed by atoms with van der Waals surface area (Å²) in [6.07, 6.45) is 0. The fourth-order valence-corrected chi connectivity index (χ4v) is 1.39. The summed E-state index contributed by atoms with van der Waals surface area (Å²) < 4.78 is 5.28. The molecule has 0 unspecified atom stereocenters. The summed E-state index contributed by atoms with van der Waals surface area (Å²) in [5.41, 5.74) is 5.62. The molecule has 4 amide bonds. The molecule has 0 atom stereocenters. The summed E-state index contributed by atoms with van der Waals surface area (Å²) in [5.74, 6) is 0.669. The standard InChI is InChI=1S/C12H17N3O3/c1-4-18-10-7-5-9(6-8-10)15(11(13)16)12(17)14(2)3/h5-8H,4H2,1-3H3,(H2,13,16). The molecule has 2 N–H and O–H groups in total. The predicted octanol–water partition coefficient (Wildman–Crippen LogP) is 1.65. The van der Waals surface area contributed by atoms with Gasteiger partial charge < -0.3 is 15.4 Å². The number of primary amides is 1. The van der Waals surface area contributed by atoms with Crippen LogP contribution in [0.4, 0.5) is 15.3 Å². The molecule has 98 valence electrons. The number of hydrogen-bond acceptors (Lipinski definition) is 3. The number of carbonyl (C=O) groups is 2. The van der Waals surface area contributed by atoms with Crippen LogP contribution in [0.2, 0.25) is 0 Å². The van der Waals surface area contributed by atoms with Gasteiger partial charge in [-0.1, -0.05) is 0 Å². The smallest absolute Gasteiger partial charge is 0.332 e. The van der Waals surface area contributed by atoms with E-state index in [0.717, 1.165) is 4.90 Å². The fourth-order valence-electron chi connectivity index (χ4n) is 1.39. The largest absolute Gasteiger partial charge is 0.494 e. The fraction of sp³-hybridized carbons (Fsp3) is 0.333. The van der Waals surface area contributed by atoms with E-state index >= 15 is 0 Å². The molecule has 1 rings (SSSR count). The van der Waals surface area contributed by atoms with Gasteiger partial charge in [-0.2, -0.15) is 0 Å². The number of benzene rings is 1. The van der Waals surface area contributed by atoms with Crippen molar-refractivity contribution in [1.29, 1.82) is 0 Å². The lowest BCUT2D eigenvalue weighted by atomic mass is 10.3. The molecule has 0 fully saturated rings. The van der Waals surface area contributed by atoms with E-state index in [1.54, 1.807) is 38.4 Å². The summed E-state index contributed by atoms with van der Waals surface area (Å²) in [4.78, 5) is 25.3. The molecule has 6 heteroatoms. The first-order valence-electron chi connectivity index (χ1n) is 5.51. The van der Waals surface area contributed by atoms with Crippen LogP contribution < -0.4 is 15.4 Å². The van der Waals surface area contributed by atoms with Crippen molar-refractivity contribution in [2.45, 2.75) is 6.92 Å². The summed E-state index contributed by atoms with van der Waals surface area (Å²) in [7, 11) is 3.10. The Hall–Kier alpha value is -2.24. The van der Waals surface area contributed by atoms with E-state index < -0.39 is 12.1 Å². The monoisotopic (exact) mass is 251 g/mol. The lowest BCUT2D eigenvalue weighted by molar-refractivity contribution is 0.220. The quantitative estimate of drug-likeness (QED) is 0.887. The number of amides is 4. The van der Waals surface area contributed by atoms with Gasteiger partial charge in [-0.15, -0.1) is 0 Å². The Morgan fingerprint density at radius 1 is 1.22 bits per heavy atom. The van der Waals surface area contributed by atoms with E-state index in [1.165, 1.54) is 4.90 Å². The molecule has 0 aliphatic heterocycles. The number of hydrogen-bond donors (Lipinski definition) is 1. The second-order valence-corrected chi connectivity index (χ2v) is 3.78. The van der Waals surface area contributed by atoms with Gasteiger partial charge in [0.2, 0.25) is 0 Å². The molecule has 0 bridgehead atoms. The minimum atomic E-state index is -0.821. The van der Waals surface area contributed by atoms with Gasteiger partial charge in [0.05, 0.1) is 12.3 Å². The minimum absolute atomic E-state index is 0.407. The summed E-state index contributed by atoms with van der Waals surface area (Å²) >= 11 is 0. The molecular formula is C12H17N3O3. The van der Waals surface area contributed by atoms with Crippen molar-refractivity contribution in [3.63, 3.8) is 0 Å². The SMILES string of the molecule is CCOc1ccc(N(C(N)=O)C(=O)N(C)C)cc1. The summed E-state index contributed by atoms with van der Waals surface area (Å²) in [6, 6.07) is 5.26. The van der Waals surface area contributed by atoms with Gasteiger partial charge in [0.15, 0.2) is 0 Å². The van der Waals surface area contributed by atoms with Gasteiger partial charge in [0.1, 0.15) is 5.75 Å². The number of rotatable bonds is 3. The zero-order chi connectivity index (χ0) is 13.7. The summed E-state index contributed by atoms with van der Waals surface area (Å²) in [6.45, 7) is 2.43. The molecule has 0 radical (unpaired) electrons. The molecule has 6 nitrogen and oxygen atoms in total. The molecule has 1 aromatic rings. The van der Waals surface area contributed by atoms with E-state index in [-0.39, 0.29) is 0 Å². The zero-order valence-corrected chi connectivity index (χ0v) is 10.7. The van der Waals surface area contributed by atoms with Crippen molar-refractivity contribution in [3.05, 3.63) is 24.3 Å². The van der Waals surface area contributed by atoms with Crippen molar-refractivity contribution in [3.8, 4) is 5.75 Å². The normalized spacial score (nSPS) is 9.72. The van der Waals surface area contributed by atoms with E-state index in [4.69, 9.17) is 10.5 Å². The van der Waals surface area contributed by atoms with Crippen molar-refractivity contribution >= 4 is 17.7 Å². The number of urea groups is 2. The number of carbonyl (C=O) groups excluding carboxylic acids is 2. The van der Waals surface area contributed by atoms with Crippen molar-refractivity contribution in [1.82, 2.24) is 4.90 Å². The Labute approximate surface area is 106 Å². The van der Waals surface area contributed by atoms with Crippen LogP contribution in [0.15, 0.2) is 24.3 Å². The number of ether oxygens (including phenoxy) is 1. The highest BCUT2D eigenvalue weighted by Gasteiger charge is 2.22. The van der Waals surface area contributed by atoms with Gasteiger partial charge >= 0.3 is 12.1 Å². The third-order valence-corrected chi connectivity index (χ3v) is 2.20. The number of imide groups is 1. The molecule has 0 aliphatic carbocycles. The maximum Gasteiger partial charge on any atom is 0.332 e. The van der Waals surface area contributed by atoms with E-state index in [9.17, 15) is 9.59 Å². The van der Waals surface area contributed by atoms with Gasteiger partial charge in [-0.05, 0) is 31.2 Å². The Morgan fingerprint density at radius 3 is 2.17 bits per heavy atom. The Bertz CT molecular complexity index is 429. The van der Waals surface area contributed by atoms with Crippen LogP contribution >= 0.6 is 0 Å². The Kier molecular flexibility index (Phi) is 4.53. The van der Waals surface area contributed by atoms with Gasteiger partial charge in [0, 0.05) is 14.1 Å². The van der Waals surface area contributed by atoms with Crippen molar-refractivity contribution in [2.75, 3.05) is 25.6 Å². The first-order chi connectivity index (χ1) is 8.47. The lowest BCUT2D eigenvalue weighted by Gasteiger charge is -2.22. The lowest BCUT2D eigenvalue weighted by Crippen LogP contribution is -2.46. The highest BCUT2D eigenvalue weighted by atomic mass is 16.5. The van der Waals surface area contributed by atoms with Gasteiger partial charge in [-0.3, -0.25) is 0 Å². The van der Waals surface area contributed by atoms with E-state index in [0.29, 0.717) is 18.0 Å².